The fourth-order valence-corrected chi connectivity index (χ4v) is 2.40. The van der Waals surface area contributed by atoms with Crippen LogP contribution in [0.5, 0.6) is 0 Å². The van der Waals surface area contributed by atoms with Crippen molar-refractivity contribution in [2.24, 2.45) is 0 Å². The number of benzene rings is 2. The van der Waals surface area contributed by atoms with Gasteiger partial charge in [-0.3, -0.25) is 0 Å². The van der Waals surface area contributed by atoms with Crippen LogP contribution in [0, 0.1) is 29.3 Å². The van der Waals surface area contributed by atoms with E-state index in [-0.39, 0.29) is 5.56 Å². The van der Waals surface area contributed by atoms with Gasteiger partial charge >= 0.3 is 0 Å². The largest absolute Gasteiger partial charge is 0.236 e. The average molecular weight is 352 g/mol. The Bertz CT molecular complexity index is 946. The molecule has 0 aliphatic carbocycles. The van der Waals surface area contributed by atoms with Gasteiger partial charge in [0, 0.05) is 29.1 Å². The Kier molecular flexibility index (Phi) is 5.33. The molecule has 0 aliphatic heterocycles. The zero-order chi connectivity index (χ0) is 18.5. The van der Waals surface area contributed by atoms with Gasteiger partial charge in [-0.1, -0.05) is 25.2 Å². The lowest BCUT2D eigenvalue weighted by Crippen LogP contribution is -1.92. The molecule has 0 saturated heterocycles. The van der Waals surface area contributed by atoms with Crippen molar-refractivity contribution < 1.29 is 13.2 Å². The molecule has 5 heteroatoms. The van der Waals surface area contributed by atoms with Crippen molar-refractivity contribution in [3.05, 3.63) is 82.9 Å². The van der Waals surface area contributed by atoms with Gasteiger partial charge in [0.25, 0.3) is 0 Å². The molecular weight excluding hydrogens is 337 g/mol. The second-order valence-electron chi connectivity index (χ2n) is 5.75. The van der Waals surface area contributed by atoms with E-state index in [9.17, 15) is 13.2 Å². The van der Waals surface area contributed by atoms with E-state index in [1.807, 2.05) is 24.5 Å². The van der Waals surface area contributed by atoms with Crippen LogP contribution >= 0.6 is 0 Å². The second-order valence-corrected chi connectivity index (χ2v) is 5.75. The van der Waals surface area contributed by atoms with Crippen molar-refractivity contribution in [3.63, 3.8) is 0 Å². The number of nitrogens with zero attached hydrogens (tertiary/aromatic N) is 2. The van der Waals surface area contributed by atoms with Gasteiger partial charge < -0.3 is 0 Å². The van der Waals surface area contributed by atoms with Crippen LogP contribution in [0.3, 0.4) is 0 Å². The molecule has 3 rings (SSSR count). The predicted octanol–water partition coefficient (Wildman–Crippen LogP) is 4.91. The van der Waals surface area contributed by atoms with E-state index in [0.29, 0.717) is 11.4 Å². The van der Waals surface area contributed by atoms with Crippen LogP contribution in [-0.2, 0) is 6.42 Å². The van der Waals surface area contributed by atoms with Crippen molar-refractivity contribution >= 4 is 0 Å². The lowest BCUT2D eigenvalue weighted by atomic mass is 10.1. The van der Waals surface area contributed by atoms with Gasteiger partial charge in [-0.25, -0.2) is 23.1 Å². The van der Waals surface area contributed by atoms with E-state index in [0.717, 1.165) is 36.1 Å². The van der Waals surface area contributed by atoms with Crippen LogP contribution in [0.25, 0.3) is 11.4 Å². The lowest BCUT2D eigenvalue weighted by Gasteiger charge is -2.02. The van der Waals surface area contributed by atoms with Gasteiger partial charge in [-0.15, -0.1) is 0 Å². The van der Waals surface area contributed by atoms with Gasteiger partial charge in [0.05, 0.1) is 0 Å². The maximum Gasteiger partial charge on any atom is 0.194 e. The standard InChI is InChI=1S/C21H15F3N2/c1-2-3-16-12-25-21(26-13-16)17-8-6-14(7-9-17)4-5-15-10-18(22)20(24)19(23)11-15/h6-13H,2-3H2,1H3. The molecule has 0 bridgehead atoms. The zero-order valence-electron chi connectivity index (χ0n) is 14.1. The average Bonchev–Trinajstić information content (AvgIpc) is 2.66. The number of aromatic nitrogens is 2. The molecule has 0 N–H and O–H groups in total. The van der Waals surface area contributed by atoms with E-state index in [4.69, 9.17) is 0 Å². The molecule has 26 heavy (non-hydrogen) atoms. The molecule has 0 spiro atoms. The van der Waals surface area contributed by atoms with Crippen LogP contribution in [-0.4, -0.2) is 9.97 Å². The van der Waals surface area contributed by atoms with E-state index in [1.165, 1.54) is 0 Å². The SMILES string of the molecule is CCCc1cnc(-c2ccc(C#Cc3cc(F)c(F)c(F)c3)cc2)nc1. The summed E-state index contributed by atoms with van der Waals surface area (Å²) in [5.41, 5.74) is 2.66. The highest BCUT2D eigenvalue weighted by Gasteiger charge is 2.09. The predicted molar refractivity (Wildman–Crippen MR) is 93.8 cm³/mol. The highest BCUT2D eigenvalue weighted by molar-refractivity contribution is 5.57. The van der Waals surface area contributed by atoms with E-state index >= 15 is 0 Å². The first-order chi connectivity index (χ1) is 12.6. The quantitative estimate of drug-likeness (QED) is 0.494. The Balaban J connectivity index is 1.78. The highest BCUT2D eigenvalue weighted by Crippen LogP contribution is 2.16. The molecule has 1 aromatic heterocycles. The Morgan fingerprint density at radius 1 is 0.846 bits per heavy atom. The summed E-state index contributed by atoms with van der Waals surface area (Å²) in [6.07, 6.45) is 5.62. The Hall–Kier alpha value is -3.13. The third-order valence-electron chi connectivity index (χ3n) is 3.72. The summed E-state index contributed by atoms with van der Waals surface area (Å²) in [7, 11) is 0. The van der Waals surface area contributed by atoms with Crippen LogP contribution < -0.4 is 0 Å². The Morgan fingerprint density at radius 3 is 2.00 bits per heavy atom. The molecule has 2 aromatic carbocycles. The lowest BCUT2D eigenvalue weighted by molar-refractivity contribution is 0.446. The third-order valence-corrected chi connectivity index (χ3v) is 3.72. The topological polar surface area (TPSA) is 25.8 Å². The zero-order valence-corrected chi connectivity index (χ0v) is 14.1. The minimum absolute atomic E-state index is 0.0697. The number of hydrogen-bond donors (Lipinski definition) is 0. The van der Waals surface area contributed by atoms with Crippen molar-refractivity contribution in [2.45, 2.75) is 19.8 Å². The van der Waals surface area contributed by atoms with Crippen molar-refractivity contribution in [1.29, 1.82) is 0 Å². The third kappa shape index (κ3) is 4.09. The van der Waals surface area contributed by atoms with Gasteiger partial charge in [0.1, 0.15) is 0 Å². The maximum absolute atomic E-state index is 13.2. The molecule has 0 fully saturated rings. The molecule has 0 aliphatic rings. The Labute approximate surface area is 149 Å². The van der Waals surface area contributed by atoms with E-state index in [1.54, 1.807) is 12.1 Å². The first kappa shape index (κ1) is 17.7. The molecule has 3 aromatic rings. The first-order valence-electron chi connectivity index (χ1n) is 8.14. The van der Waals surface area contributed by atoms with Crippen LogP contribution in [0.2, 0.25) is 0 Å². The summed E-state index contributed by atoms with van der Waals surface area (Å²) in [5.74, 6) is 2.03. The number of hydrogen-bond acceptors (Lipinski definition) is 2. The molecular formula is C21H15F3N2. The summed E-state index contributed by atoms with van der Waals surface area (Å²) in [6, 6.07) is 8.91. The van der Waals surface area contributed by atoms with Crippen molar-refractivity contribution in [3.8, 4) is 23.2 Å². The summed E-state index contributed by atoms with van der Waals surface area (Å²) < 4.78 is 39.3. The molecule has 0 amide bonds. The van der Waals surface area contributed by atoms with Crippen molar-refractivity contribution in [2.75, 3.05) is 0 Å². The second kappa shape index (κ2) is 7.83. The fourth-order valence-electron chi connectivity index (χ4n) is 2.40. The van der Waals surface area contributed by atoms with Crippen LogP contribution in [0.15, 0.2) is 48.8 Å². The fraction of sp³-hybridized carbons (Fsp3) is 0.143. The highest BCUT2D eigenvalue weighted by atomic mass is 19.2. The van der Waals surface area contributed by atoms with E-state index in [2.05, 4.69) is 28.7 Å². The number of halogens is 3. The van der Waals surface area contributed by atoms with E-state index < -0.39 is 17.5 Å². The molecule has 2 nitrogen and oxygen atoms in total. The van der Waals surface area contributed by atoms with Gasteiger partial charge in [-0.2, -0.15) is 0 Å². The minimum Gasteiger partial charge on any atom is -0.236 e. The summed E-state index contributed by atoms with van der Waals surface area (Å²) >= 11 is 0. The Morgan fingerprint density at radius 2 is 1.42 bits per heavy atom. The normalized spacial score (nSPS) is 10.3. The molecule has 1 heterocycles. The van der Waals surface area contributed by atoms with Crippen LogP contribution in [0.1, 0.15) is 30.0 Å². The molecule has 0 radical (unpaired) electrons. The maximum atomic E-state index is 13.2. The summed E-state index contributed by atoms with van der Waals surface area (Å²) in [4.78, 5) is 8.70. The molecule has 0 saturated carbocycles. The number of rotatable bonds is 3. The van der Waals surface area contributed by atoms with Crippen LogP contribution in [0.4, 0.5) is 13.2 Å². The van der Waals surface area contributed by atoms with Gasteiger partial charge in [-0.05, 0) is 48.4 Å². The summed E-state index contributed by atoms with van der Waals surface area (Å²) in [5, 5.41) is 0. The first-order valence-corrected chi connectivity index (χ1v) is 8.14. The van der Waals surface area contributed by atoms with Gasteiger partial charge in [0.2, 0.25) is 0 Å². The van der Waals surface area contributed by atoms with Crippen molar-refractivity contribution in [1.82, 2.24) is 9.97 Å². The number of aryl methyl sites for hydroxylation is 1. The molecule has 0 unspecified atom stereocenters. The monoisotopic (exact) mass is 352 g/mol. The summed E-state index contributed by atoms with van der Waals surface area (Å²) in [6.45, 7) is 2.10. The minimum atomic E-state index is -1.50. The molecule has 0 atom stereocenters. The smallest absolute Gasteiger partial charge is 0.194 e. The van der Waals surface area contributed by atoms with Gasteiger partial charge in [0.15, 0.2) is 23.3 Å². The molecule has 130 valence electrons.